The second kappa shape index (κ2) is 7.47. The summed E-state index contributed by atoms with van der Waals surface area (Å²) in [6, 6.07) is 5.73. The van der Waals surface area contributed by atoms with Gasteiger partial charge in [-0.05, 0) is 30.7 Å². The zero-order chi connectivity index (χ0) is 15.2. The van der Waals surface area contributed by atoms with Gasteiger partial charge in [-0.15, -0.1) is 0 Å². The Kier molecular flexibility index (Phi) is 5.64. The van der Waals surface area contributed by atoms with E-state index >= 15 is 0 Å². The van der Waals surface area contributed by atoms with Crippen LogP contribution in [0.1, 0.15) is 18.9 Å². The van der Waals surface area contributed by atoms with Crippen molar-refractivity contribution >= 4 is 35.0 Å². The van der Waals surface area contributed by atoms with Gasteiger partial charge in [0.25, 0.3) is 0 Å². The summed E-state index contributed by atoms with van der Waals surface area (Å²) in [7, 11) is 0. The molecule has 1 aromatic rings. The van der Waals surface area contributed by atoms with Gasteiger partial charge in [-0.3, -0.25) is 9.59 Å². The Balaban J connectivity index is 1.91. The van der Waals surface area contributed by atoms with Gasteiger partial charge in [0, 0.05) is 48.8 Å². The number of benzene rings is 1. The van der Waals surface area contributed by atoms with E-state index in [9.17, 15) is 9.59 Å². The number of nitrogens with one attached hydrogen (secondary N) is 3. The Morgan fingerprint density at radius 3 is 2.81 bits per heavy atom. The molecular formula is C15H21N3O2S. The zero-order valence-electron chi connectivity index (χ0n) is 12.4. The molecule has 1 aliphatic heterocycles. The predicted molar refractivity (Wildman–Crippen MR) is 87.8 cm³/mol. The molecule has 21 heavy (non-hydrogen) atoms. The van der Waals surface area contributed by atoms with Crippen LogP contribution >= 0.6 is 11.8 Å². The fourth-order valence-corrected chi connectivity index (χ4v) is 3.21. The maximum Gasteiger partial charge on any atom is 0.225 e. The van der Waals surface area contributed by atoms with Crippen molar-refractivity contribution in [2.45, 2.75) is 26.3 Å². The molecule has 0 aromatic heterocycles. The topological polar surface area (TPSA) is 70.2 Å². The molecule has 1 unspecified atom stereocenters. The molecule has 0 radical (unpaired) electrons. The predicted octanol–water partition coefficient (Wildman–Crippen LogP) is 1.99. The molecule has 2 rings (SSSR count). The number of hydrogen-bond donors (Lipinski definition) is 3. The number of carbonyl (C=O) groups excluding carboxylic acids is 2. The van der Waals surface area contributed by atoms with Gasteiger partial charge < -0.3 is 16.0 Å². The summed E-state index contributed by atoms with van der Waals surface area (Å²) < 4.78 is 0. The van der Waals surface area contributed by atoms with Gasteiger partial charge in [-0.1, -0.05) is 0 Å². The van der Waals surface area contributed by atoms with E-state index in [1.807, 2.05) is 24.8 Å². The van der Waals surface area contributed by atoms with Gasteiger partial charge in [-0.25, -0.2) is 0 Å². The molecule has 1 saturated heterocycles. The van der Waals surface area contributed by atoms with Crippen LogP contribution < -0.4 is 16.0 Å². The summed E-state index contributed by atoms with van der Waals surface area (Å²) in [6.07, 6.45) is 0.486. The summed E-state index contributed by atoms with van der Waals surface area (Å²) >= 11 is 1.88. The van der Waals surface area contributed by atoms with E-state index in [1.54, 1.807) is 12.1 Å². The van der Waals surface area contributed by atoms with Crippen LogP contribution in [-0.2, 0) is 9.59 Å². The first-order chi connectivity index (χ1) is 10.0. The SMILES string of the molecule is CC(=O)Nc1ccc(NC(=O)CC2CSCCN2)cc1C. The maximum absolute atomic E-state index is 12.0. The van der Waals surface area contributed by atoms with E-state index < -0.39 is 0 Å². The van der Waals surface area contributed by atoms with Crippen LogP contribution in [0.15, 0.2) is 18.2 Å². The fraction of sp³-hybridized carbons (Fsp3) is 0.467. The van der Waals surface area contributed by atoms with E-state index in [-0.39, 0.29) is 17.9 Å². The molecule has 1 aliphatic rings. The van der Waals surface area contributed by atoms with Gasteiger partial charge in [0.05, 0.1) is 0 Å². The summed E-state index contributed by atoms with van der Waals surface area (Å²) in [4.78, 5) is 23.1. The Labute approximate surface area is 129 Å². The van der Waals surface area contributed by atoms with Crippen LogP contribution in [-0.4, -0.2) is 35.9 Å². The third-order valence-corrected chi connectivity index (χ3v) is 4.38. The van der Waals surface area contributed by atoms with Crippen molar-refractivity contribution in [3.8, 4) is 0 Å². The number of rotatable bonds is 4. The molecule has 1 atom stereocenters. The summed E-state index contributed by atoms with van der Waals surface area (Å²) in [5.74, 6) is 2.01. The molecule has 3 N–H and O–H groups in total. The van der Waals surface area contributed by atoms with Gasteiger partial charge in [0.1, 0.15) is 0 Å². The number of amides is 2. The molecule has 1 fully saturated rings. The van der Waals surface area contributed by atoms with Crippen LogP contribution in [0.5, 0.6) is 0 Å². The van der Waals surface area contributed by atoms with Crippen LogP contribution in [0.3, 0.4) is 0 Å². The smallest absolute Gasteiger partial charge is 0.225 e. The minimum atomic E-state index is -0.101. The Hall–Kier alpha value is -1.53. The van der Waals surface area contributed by atoms with E-state index in [2.05, 4.69) is 16.0 Å². The average Bonchev–Trinajstić information content (AvgIpc) is 2.42. The Bertz CT molecular complexity index is 528. The quantitative estimate of drug-likeness (QED) is 0.795. The molecule has 5 nitrogen and oxygen atoms in total. The normalized spacial score (nSPS) is 18.1. The van der Waals surface area contributed by atoms with E-state index in [0.717, 1.165) is 35.0 Å². The van der Waals surface area contributed by atoms with Crippen LogP contribution in [0, 0.1) is 6.92 Å². The molecule has 1 heterocycles. The van der Waals surface area contributed by atoms with E-state index in [4.69, 9.17) is 0 Å². The summed E-state index contributed by atoms with van der Waals surface area (Å²) in [5, 5.41) is 9.01. The Morgan fingerprint density at radius 2 is 2.19 bits per heavy atom. The fourth-order valence-electron chi connectivity index (χ4n) is 2.26. The highest BCUT2D eigenvalue weighted by Crippen LogP contribution is 2.20. The van der Waals surface area contributed by atoms with Gasteiger partial charge in [0.2, 0.25) is 11.8 Å². The third-order valence-electron chi connectivity index (χ3n) is 3.25. The highest BCUT2D eigenvalue weighted by molar-refractivity contribution is 7.99. The van der Waals surface area contributed by atoms with Crippen molar-refractivity contribution in [2.24, 2.45) is 0 Å². The van der Waals surface area contributed by atoms with Crippen molar-refractivity contribution in [1.29, 1.82) is 0 Å². The Morgan fingerprint density at radius 1 is 1.38 bits per heavy atom. The average molecular weight is 307 g/mol. The van der Waals surface area contributed by atoms with Gasteiger partial charge in [-0.2, -0.15) is 11.8 Å². The lowest BCUT2D eigenvalue weighted by Gasteiger charge is -2.22. The molecule has 0 aliphatic carbocycles. The number of hydrogen-bond acceptors (Lipinski definition) is 4. The van der Waals surface area contributed by atoms with Crippen molar-refractivity contribution in [3.05, 3.63) is 23.8 Å². The molecule has 0 saturated carbocycles. The molecule has 1 aromatic carbocycles. The maximum atomic E-state index is 12.0. The second-order valence-electron chi connectivity index (χ2n) is 5.19. The minimum Gasteiger partial charge on any atom is -0.326 e. The van der Waals surface area contributed by atoms with Gasteiger partial charge in [0.15, 0.2) is 0 Å². The molecule has 0 bridgehead atoms. The lowest BCUT2D eigenvalue weighted by Crippen LogP contribution is -2.39. The zero-order valence-corrected chi connectivity index (χ0v) is 13.2. The molecular weight excluding hydrogens is 286 g/mol. The number of thioether (sulfide) groups is 1. The van der Waals surface area contributed by atoms with Crippen molar-refractivity contribution in [1.82, 2.24) is 5.32 Å². The standard InChI is InChI=1S/C15H21N3O2S/c1-10-7-12(3-4-14(10)17-11(2)19)18-15(20)8-13-9-21-6-5-16-13/h3-4,7,13,16H,5-6,8-9H2,1-2H3,(H,17,19)(H,18,20). The van der Waals surface area contributed by atoms with Crippen LogP contribution in [0.25, 0.3) is 0 Å². The molecule has 0 spiro atoms. The monoisotopic (exact) mass is 307 g/mol. The molecule has 114 valence electrons. The lowest BCUT2D eigenvalue weighted by atomic mass is 10.1. The highest BCUT2D eigenvalue weighted by Gasteiger charge is 2.16. The van der Waals surface area contributed by atoms with Crippen molar-refractivity contribution in [3.63, 3.8) is 0 Å². The van der Waals surface area contributed by atoms with Gasteiger partial charge >= 0.3 is 0 Å². The van der Waals surface area contributed by atoms with Crippen molar-refractivity contribution < 1.29 is 9.59 Å². The third kappa shape index (κ3) is 5.06. The second-order valence-corrected chi connectivity index (χ2v) is 6.34. The largest absolute Gasteiger partial charge is 0.326 e. The summed E-state index contributed by atoms with van der Waals surface area (Å²) in [6.45, 7) is 4.34. The number of aryl methyl sites for hydroxylation is 1. The minimum absolute atomic E-state index is 0.0154. The lowest BCUT2D eigenvalue weighted by molar-refractivity contribution is -0.116. The first-order valence-corrected chi connectivity index (χ1v) is 8.19. The first-order valence-electron chi connectivity index (χ1n) is 7.04. The van der Waals surface area contributed by atoms with E-state index in [0.29, 0.717) is 6.42 Å². The molecule has 6 heteroatoms. The van der Waals surface area contributed by atoms with Crippen LogP contribution in [0.2, 0.25) is 0 Å². The number of carbonyl (C=O) groups is 2. The summed E-state index contributed by atoms with van der Waals surface area (Å²) in [5.41, 5.74) is 2.45. The van der Waals surface area contributed by atoms with Crippen LogP contribution in [0.4, 0.5) is 11.4 Å². The number of anilines is 2. The van der Waals surface area contributed by atoms with E-state index in [1.165, 1.54) is 6.92 Å². The first kappa shape index (κ1) is 15.9. The highest BCUT2D eigenvalue weighted by atomic mass is 32.2. The molecule has 2 amide bonds. The van der Waals surface area contributed by atoms with Crippen molar-refractivity contribution in [2.75, 3.05) is 28.7 Å².